The smallest absolute Gasteiger partial charge is 0.810 e. The average molecular weight is 575 g/mol. The summed E-state index contributed by atoms with van der Waals surface area (Å²) in [6.45, 7) is 6.80. The first-order valence-corrected chi connectivity index (χ1v) is 17.2. The van der Waals surface area contributed by atoms with Crippen LogP contribution in [0, 0.1) is 0 Å². The van der Waals surface area contributed by atoms with E-state index in [0.29, 0.717) is 5.75 Å². The molecule has 38 heavy (non-hydrogen) atoms. The summed E-state index contributed by atoms with van der Waals surface area (Å²) in [5, 5.41) is 0. The number of rotatable bonds is 26. The summed E-state index contributed by atoms with van der Waals surface area (Å²) in [6, 6.07) is 4.10. The van der Waals surface area contributed by atoms with Gasteiger partial charge in [0.25, 0.3) is 0 Å². The zero-order valence-electron chi connectivity index (χ0n) is 25.5. The van der Waals surface area contributed by atoms with Gasteiger partial charge >= 0.3 is 37.7 Å². The third-order valence-corrected chi connectivity index (χ3v) is 8.11. The third kappa shape index (κ3) is 19.7. The van der Waals surface area contributed by atoms with Crippen LogP contribution in [0.15, 0.2) is 12.1 Å². The summed E-state index contributed by atoms with van der Waals surface area (Å²) in [4.78, 5) is 23.0. The van der Waals surface area contributed by atoms with Gasteiger partial charge in [-0.1, -0.05) is 151 Å². The minimum atomic E-state index is -2.89. The van der Waals surface area contributed by atoms with E-state index in [1.165, 1.54) is 145 Å². The fraction of sp³-hybridized carbons (Fsp3) is 0.818. The Hall–Kier alpha value is 0.630. The van der Waals surface area contributed by atoms with Gasteiger partial charge in [0.2, 0.25) is 0 Å². The average Bonchev–Trinajstić information content (AvgIpc) is 2.88. The fourth-order valence-electron chi connectivity index (χ4n) is 5.50. The Morgan fingerprint density at radius 1 is 0.500 bits per heavy atom. The van der Waals surface area contributed by atoms with E-state index in [0.717, 1.165) is 25.7 Å². The summed E-state index contributed by atoms with van der Waals surface area (Å²) in [6.07, 6.45) is 30.2. The van der Waals surface area contributed by atoms with E-state index < -0.39 is 8.60 Å². The molecule has 5 heteroatoms. The molecule has 0 saturated heterocycles. The van der Waals surface area contributed by atoms with Gasteiger partial charge in [-0.05, 0) is 61.3 Å². The zero-order valence-corrected chi connectivity index (χ0v) is 28.6. The van der Waals surface area contributed by atoms with E-state index in [2.05, 4.69) is 26.8 Å². The second-order valence-corrected chi connectivity index (χ2v) is 11.7. The largest absolute Gasteiger partial charge is 2.00 e. The Balaban J connectivity index is 0.0000137. The molecule has 0 fully saturated rings. The maximum Gasteiger partial charge on any atom is 2.00 e. The van der Waals surface area contributed by atoms with Crippen molar-refractivity contribution in [1.82, 2.24) is 0 Å². The van der Waals surface area contributed by atoms with Crippen molar-refractivity contribution in [3.05, 3.63) is 28.8 Å². The van der Waals surface area contributed by atoms with Crippen LogP contribution in [0.25, 0.3) is 0 Å². The molecule has 0 unspecified atom stereocenters. The van der Waals surface area contributed by atoms with E-state index in [9.17, 15) is 9.79 Å². The van der Waals surface area contributed by atoms with Crippen molar-refractivity contribution in [3.63, 3.8) is 0 Å². The predicted octanol–water partition coefficient (Wildman–Crippen LogP) is 9.51. The van der Waals surface area contributed by atoms with E-state index in [1.807, 2.05) is 6.07 Å². The van der Waals surface area contributed by atoms with Crippen molar-refractivity contribution < 1.29 is 14.3 Å². The molecule has 0 spiro atoms. The van der Waals surface area contributed by atoms with Gasteiger partial charge in [0, 0.05) is 0 Å². The van der Waals surface area contributed by atoms with Crippen LogP contribution < -0.4 is 14.3 Å². The van der Waals surface area contributed by atoms with Gasteiger partial charge in [0.15, 0.2) is 0 Å². The van der Waals surface area contributed by atoms with E-state index in [1.54, 1.807) is 0 Å². The minimum absolute atomic E-state index is 0. The monoisotopic (exact) mass is 574 g/mol. The maximum absolute atomic E-state index is 11.5. The summed E-state index contributed by atoms with van der Waals surface area (Å²) < 4.78 is 5.36. The molecule has 216 valence electrons. The molecular weight excluding hydrogens is 515 g/mol. The second-order valence-electron chi connectivity index (χ2n) is 11.1. The van der Waals surface area contributed by atoms with Crippen LogP contribution >= 0.6 is 8.60 Å². The third-order valence-electron chi connectivity index (χ3n) is 7.77. The van der Waals surface area contributed by atoms with E-state index in [4.69, 9.17) is 4.52 Å². The van der Waals surface area contributed by atoms with Gasteiger partial charge in [-0.25, -0.2) is 0 Å². The van der Waals surface area contributed by atoms with Crippen LogP contribution in [0.4, 0.5) is 0 Å². The number of hydrogen-bond acceptors (Lipinski definition) is 3. The van der Waals surface area contributed by atoms with Gasteiger partial charge in [0.1, 0.15) is 5.75 Å². The summed E-state index contributed by atoms with van der Waals surface area (Å²) >= 11 is 0. The Labute approximate surface area is 268 Å². The molecule has 0 radical (unpaired) electrons. The zero-order chi connectivity index (χ0) is 27.0. The first-order chi connectivity index (χ1) is 18.1. The quantitative estimate of drug-likeness (QED) is 0.0629. The molecule has 0 aromatic heterocycles. The normalized spacial score (nSPS) is 11.2. The van der Waals surface area contributed by atoms with E-state index >= 15 is 0 Å². The van der Waals surface area contributed by atoms with E-state index in [-0.39, 0.29) is 37.7 Å². The number of aryl methyl sites for hydroxylation is 1. The van der Waals surface area contributed by atoms with Crippen molar-refractivity contribution in [2.75, 3.05) is 0 Å². The van der Waals surface area contributed by atoms with Crippen LogP contribution in [0.1, 0.15) is 172 Å². The van der Waals surface area contributed by atoms with Gasteiger partial charge < -0.3 is 14.3 Å². The van der Waals surface area contributed by atoms with Crippen molar-refractivity contribution in [1.29, 1.82) is 0 Å². The first-order valence-electron chi connectivity index (χ1n) is 16.1. The molecular formula is C33H59CaO3P. The Kier molecular flexibility index (Phi) is 28.2. The molecule has 0 bridgehead atoms. The predicted molar refractivity (Wildman–Crippen MR) is 165 cm³/mol. The molecule has 0 atom stereocenters. The molecule has 0 aliphatic carbocycles. The Bertz CT molecular complexity index is 653. The molecule has 0 aliphatic heterocycles. The molecule has 0 saturated carbocycles. The topological polar surface area (TPSA) is 55.3 Å². The van der Waals surface area contributed by atoms with Crippen molar-refractivity contribution in [2.24, 2.45) is 0 Å². The molecule has 3 nitrogen and oxygen atoms in total. The van der Waals surface area contributed by atoms with Crippen LogP contribution in [0.5, 0.6) is 5.75 Å². The summed E-state index contributed by atoms with van der Waals surface area (Å²) in [5.41, 5.74) is 4.02. The number of unbranched alkanes of at least 4 members (excludes halogenated alkanes) is 18. The van der Waals surface area contributed by atoms with Crippen molar-refractivity contribution in [2.45, 2.75) is 175 Å². The Morgan fingerprint density at radius 2 is 0.868 bits per heavy atom. The van der Waals surface area contributed by atoms with Crippen molar-refractivity contribution >= 4 is 46.3 Å². The Morgan fingerprint density at radius 3 is 1.29 bits per heavy atom. The molecule has 0 heterocycles. The van der Waals surface area contributed by atoms with Crippen LogP contribution in [0.2, 0.25) is 0 Å². The molecule has 0 aliphatic rings. The van der Waals surface area contributed by atoms with Crippen LogP contribution in [-0.2, 0) is 19.3 Å². The molecule has 1 rings (SSSR count). The summed E-state index contributed by atoms with van der Waals surface area (Å²) in [7, 11) is -2.89. The first kappa shape index (κ1) is 38.6. The molecule has 0 N–H and O–H groups in total. The molecule has 1 aromatic carbocycles. The molecule has 0 amide bonds. The fourth-order valence-corrected chi connectivity index (χ4v) is 5.83. The second kappa shape index (κ2) is 27.8. The maximum atomic E-state index is 11.5. The number of hydrogen-bond donors (Lipinski definition) is 0. The van der Waals surface area contributed by atoms with Crippen LogP contribution in [-0.4, -0.2) is 37.7 Å². The SMILES string of the molecule is CCCCCCCCCc1ccc(OP([O-])[O-])c(CCCCCCCCC)c1CCCCCCCCC.[Ca+2]. The van der Waals surface area contributed by atoms with Gasteiger partial charge in [0.05, 0.1) is 0 Å². The standard InChI is InChI=1S/C33H59O3P.Ca/c1-4-7-10-13-16-19-22-25-30-28-29-33(36-37(34)35)32(27-24-21-18-15-12-9-6-3)31(30)26-23-20-17-14-11-8-5-2;/h28-29H,4-27H2,1-3H3;/q-2;+2. The minimum Gasteiger partial charge on any atom is -0.810 e. The van der Waals surface area contributed by atoms with Gasteiger partial charge in [-0.3, -0.25) is 0 Å². The van der Waals surface area contributed by atoms with Crippen LogP contribution in [0.3, 0.4) is 0 Å². The van der Waals surface area contributed by atoms with Crippen molar-refractivity contribution in [3.8, 4) is 5.75 Å². The van der Waals surface area contributed by atoms with Gasteiger partial charge in [-0.15, -0.1) is 0 Å². The molecule has 1 aromatic rings. The summed E-state index contributed by atoms with van der Waals surface area (Å²) in [5.74, 6) is 0.586. The van der Waals surface area contributed by atoms with Gasteiger partial charge in [-0.2, -0.15) is 0 Å². The number of benzene rings is 1.